The number of nitrogens with one attached hydrogen (secondary N) is 1. The fourth-order valence-electron chi connectivity index (χ4n) is 3.24. The average molecular weight is 345 g/mol. The second-order valence-electron chi connectivity index (χ2n) is 6.58. The molecule has 1 aliphatic rings. The van der Waals surface area contributed by atoms with Crippen LogP contribution < -0.4 is 5.32 Å². The van der Waals surface area contributed by atoms with Gasteiger partial charge in [0.1, 0.15) is 6.04 Å². The molecule has 0 saturated carbocycles. The molecule has 1 saturated heterocycles. The molecule has 136 valence electrons. The van der Waals surface area contributed by atoms with E-state index in [0.717, 1.165) is 56.1 Å². The lowest BCUT2D eigenvalue weighted by molar-refractivity contribution is 0.140. The van der Waals surface area contributed by atoms with Gasteiger partial charge in [0.25, 0.3) is 0 Å². The lowest BCUT2D eigenvalue weighted by Crippen LogP contribution is -2.36. The summed E-state index contributed by atoms with van der Waals surface area (Å²) < 4.78 is 7.50. The van der Waals surface area contributed by atoms with Crippen molar-refractivity contribution in [2.75, 3.05) is 44.7 Å². The largest absolute Gasteiger partial charge is 0.380 e. The molecule has 0 amide bonds. The lowest BCUT2D eigenvalue weighted by Gasteiger charge is -2.22. The molecular weight excluding hydrogens is 318 g/mol. The first kappa shape index (κ1) is 17.8. The summed E-state index contributed by atoms with van der Waals surface area (Å²) >= 11 is 0. The van der Waals surface area contributed by atoms with E-state index in [2.05, 4.69) is 39.4 Å². The van der Waals surface area contributed by atoms with E-state index in [4.69, 9.17) is 4.74 Å². The first-order valence-corrected chi connectivity index (χ1v) is 9.03. The van der Waals surface area contributed by atoms with Gasteiger partial charge in [-0.2, -0.15) is 4.91 Å². The van der Waals surface area contributed by atoms with Crippen molar-refractivity contribution in [3.05, 3.63) is 28.7 Å². The summed E-state index contributed by atoms with van der Waals surface area (Å²) in [7, 11) is 1.99. The molecule has 0 spiro atoms. The van der Waals surface area contributed by atoms with Crippen LogP contribution in [0, 0.1) is 4.91 Å². The highest BCUT2D eigenvalue weighted by atomic mass is 16.5. The van der Waals surface area contributed by atoms with Crippen molar-refractivity contribution in [3.63, 3.8) is 0 Å². The Morgan fingerprint density at radius 2 is 2.24 bits per heavy atom. The van der Waals surface area contributed by atoms with E-state index in [1.807, 2.05) is 17.7 Å². The summed E-state index contributed by atoms with van der Waals surface area (Å²) in [5, 5.41) is 6.60. The quantitative estimate of drug-likeness (QED) is 0.780. The van der Waals surface area contributed by atoms with Crippen LogP contribution in [-0.2, 0) is 18.2 Å². The maximum atomic E-state index is 11.3. The minimum absolute atomic E-state index is 0.302. The number of nitrogens with zero attached hydrogens (tertiary/aromatic N) is 4. The molecule has 1 atom stereocenters. The predicted octanol–water partition coefficient (Wildman–Crippen LogP) is 2.40. The van der Waals surface area contributed by atoms with E-state index in [9.17, 15) is 4.91 Å². The molecule has 2 heterocycles. The van der Waals surface area contributed by atoms with Crippen LogP contribution in [0.15, 0.2) is 23.4 Å². The van der Waals surface area contributed by atoms with Crippen molar-refractivity contribution in [3.8, 4) is 0 Å². The summed E-state index contributed by atoms with van der Waals surface area (Å²) in [5.74, 6) is 0.774. The number of imidazole rings is 1. The molecule has 25 heavy (non-hydrogen) atoms. The highest BCUT2D eigenvalue weighted by Crippen LogP contribution is 2.20. The van der Waals surface area contributed by atoms with Crippen LogP contribution in [-0.4, -0.2) is 59.9 Å². The Balaban J connectivity index is 1.63. The highest BCUT2D eigenvalue weighted by molar-refractivity contribution is 5.79. The SMILES string of the molecule is CCc1ccc2nc(NCC(CN3CCCOCC3)N=O)n(C)c2c1. The summed E-state index contributed by atoms with van der Waals surface area (Å²) in [6.45, 7) is 6.63. The van der Waals surface area contributed by atoms with Crippen molar-refractivity contribution >= 4 is 17.0 Å². The Bertz CT molecular complexity index is 707. The van der Waals surface area contributed by atoms with Gasteiger partial charge in [0.2, 0.25) is 5.95 Å². The molecule has 7 nitrogen and oxygen atoms in total. The fraction of sp³-hybridized carbons (Fsp3) is 0.611. The van der Waals surface area contributed by atoms with Gasteiger partial charge in [0.05, 0.1) is 17.6 Å². The van der Waals surface area contributed by atoms with Gasteiger partial charge in [0, 0.05) is 39.8 Å². The van der Waals surface area contributed by atoms with Crippen LogP contribution in [0.4, 0.5) is 5.95 Å². The van der Waals surface area contributed by atoms with Crippen LogP contribution in [0.2, 0.25) is 0 Å². The molecule has 1 aliphatic heterocycles. The van der Waals surface area contributed by atoms with Gasteiger partial charge in [0.15, 0.2) is 0 Å². The number of nitroso groups, excluding NO2 is 1. The average Bonchev–Trinajstić information content (AvgIpc) is 2.80. The van der Waals surface area contributed by atoms with E-state index in [-0.39, 0.29) is 6.04 Å². The van der Waals surface area contributed by atoms with Gasteiger partial charge in [-0.15, -0.1) is 0 Å². The van der Waals surface area contributed by atoms with Crippen molar-refractivity contribution < 1.29 is 4.74 Å². The van der Waals surface area contributed by atoms with Crippen LogP contribution in [0.1, 0.15) is 18.9 Å². The first-order chi connectivity index (χ1) is 12.2. The number of rotatable bonds is 7. The molecule has 1 N–H and O–H groups in total. The third-order valence-corrected chi connectivity index (χ3v) is 4.78. The molecule has 0 radical (unpaired) electrons. The Labute approximate surface area is 148 Å². The third kappa shape index (κ3) is 4.35. The Kier molecular flexibility index (Phi) is 5.99. The lowest BCUT2D eigenvalue weighted by atomic mass is 10.1. The standard InChI is InChI=1S/C18H27N5O2/c1-3-14-5-6-16-17(11-14)22(2)18(20-16)19-12-15(21-24)13-23-7-4-9-25-10-8-23/h5-6,11,15H,3-4,7-10,12-13H2,1-2H3,(H,19,20). The van der Waals surface area contributed by atoms with E-state index >= 15 is 0 Å². The second-order valence-corrected chi connectivity index (χ2v) is 6.58. The number of aromatic nitrogens is 2. The Morgan fingerprint density at radius 3 is 3.04 bits per heavy atom. The van der Waals surface area contributed by atoms with Gasteiger partial charge >= 0.3 is 0 Å². The molecule has 1 unspecified atom stereocenters. The summed E-state index contributed by atoms with van der Waals surface area (Å²) in [6, 6.07) is 6.02. The Hall–Kier alpha value is -1.99. The normalized spacial score (nSPS) is 17.4. The molecule has 2 aromatic rings. The molecular formula is C18H27N5O2. The molecule has 0 bridgehead atoms. The van der Waals surface area contributed by atoms with Crippen molar-refractivity contribution in [2.45, 2.75) is 25.8 Å². The van der Waals surface area contributed by atoms with E-state index < -0.39 is 0 Å². The number of fused-ring (bicyclic) bond motifs is 1. The number of anilines is 1. The van der Waals surface area contributed by atoms with E-state index in [0.29, 0.717) is 13.1 Å². The van der Waals surface area contributed by atoms with Gasteiger partial charge in [-0.3, -0.25) is 4.90 Å². The predicted molar refractivity (Wildman–Crippen MR) is 100 cm³/mol. The van der Waals surface area contributed by atoms with Gasteiger partial charge in [-0.25, -0.2) is 4.98 Å². The summed E-state index contributed by atoms with van der Waals surface area (Å²) in [4.78, 5) is 18.1. The number of aryl methyl sites for hydroxylation is 2. The summed E-state index contributed by atoms with van der Waals surface area (Å²) in [6.07, 6.45) is 2.00. The molecule has 3 rings (SSSR count). The second kappa shape index (κ2) is 8.40. The smallest absolute Gasteiger partial charge is 0.203 e. The number of hydrogen-bond acceptors (Lipinski definition) is 6. The monoisotopic (exact) mass is 345 g/mol. The number of benzene rings is 1. The van der Waals surface area contributed by atoms with Crippen LogP contribution in [0.5, 0.6) is 0 Å². The van der Waals surface area contributed by atoms with Gasteiger partial charge in [-0.1, -0.05) is 18.2 Å². The molecule has 0 aliphatic carbocycles. The maximum Gasteiger partial charge on any atom is 0.203 e. The zero-order valence-corrected chi connectivity index (χ0v) is 15.1. The van der Waals surface area contributed by atoms with Crippen molar-refractivity contribution in [2.24, 2.45) is 12.2 Å². The minimum Gasteiger partial charge on any atom is -0.380 e. The van der Waals surface area contributed by atoms with E-state index in [1.165, 1.54) is 5.56 Å². The van der Waals surface area contributed by atoms with E-state index in [1.54, 1.807) is 0 Å². The number of hydrogen-bond donors (Lipinski definition) is 1. The van der Waals surface area contributed by atoms with Gasteiger partial charge in [-0.05, 0) is 30.5 Å². The minimum atomic E-state index is -0.302. The van der Waals surface area contributed by atoms with Gasteiger partial charge < -0.3 is 14.6 Å². The first-order valence-electron chi connectivity index (χ1n) is 9.03. The molecule has 1 fully saturated rings. The topological polar surface area (TPSA) is 71.8 Å². The number of ether oxygens (including phenoxy) is 1. The van der Waals surface area contributed by atoms with Crippen LogP contribution in [0.25, 0.3) is 11.0 Å². The highest BCUT2D eigenvalue weighted by Gasteiger charge is 2.17. The molecule has 7 heteroatoms. The zero-order chi connectivity index (χ0) is 17.6. The Morgan fingerprint density at radius 1 is 1.36 bits per heavy atom. The fourth-order valence-corrected chi connectivity index (χ4v) is 3.24. The van der Waals surface area contributed by atoms with Crippen molar-refractivity contribution in [1.29, 1.82) is 0 Å². The van der Waals surface area contributed by atoms with Crippen molar-refractivity contribution in [1.82, 2.24) is 14.5 Å². The third-order valence-electron chi connectivity index (χ3n) is 4.78. The molecule has 1 aromatic heterocycles. The molecule has 1 aromatic carbocycles. The van der Waals surface area contributed by atoms with Crippen LogP contribution >= 0.6 is 0 Å². The van der Waals surface area contributed by atoms with Crippen LogP contribution in [0.3, 0.4) is 0 Å². The summed E-state index contributed by atoms with van der Waals surface area (Å²) in [5.41, 5.74) is 3.35. The maximum absolute atomic E-state index is 11.3. The zero-order valence-electron chi connectivity index (χ0n) is 15.1.